The number of carbonyl (C=O) groups is 2. The molecule has 0 radical (unpaired) electrons. The van der Waals surface area contributed by atoms with Crippen LogP contribution in [0.25, 0.3) is 0 Å². The number of halogens is 1. The molecule has 0 spiro atoms. The Balaban J connectivity index is 2.58. The van der Waals surface area contributed by atoms with Crippen LogP contribution in [-0.4, -0.2) is 18.2 Å². The summed E-state index contributed by atoms with van der Waals surface area (Å²) < 4.78 is 0. The minimum absolute atomic E-state index is 0.0508. The van der Waals surface area contributed by atoms with Crippen molar-refractivity contribution >= 4 is 23.3 Å². The second kappa shape index (κ2) is 6.28. The molecule has 1 N–H and O–H groups in total. The third-order valence-corrected chi connectivity index (χ3v) is 2.47. The molecule has 0 unspecified atom stereocenters. The molecule has 1 amide bonds. The highest BCUT2D eigenvalue weighted by Gasteiger charge is 2.14. The summed E-state index contributed by atoms with van der Waals surface area (Å²) >= 11 is 5.89. The van der Waals surface area contributed by atoms with Crippen LogP contribution in [0.2, 0.25) is 5.02 Å². The molecule has 4 heteroatoms. The van der Waals surface area contributed by atoms with E-state index in [9.17, 15) is 9.59 Å². The van der Waals surface area contributed by atoms with E-state index < -0.39 is 11.7 Å². The second-order valence-corrected chi connectivity index (χ2v) is 3.85. The van der Waals surface area contributed by atoms with E-state index in [0.29, 0.717) is 17.1 Å². The van der Waals surface area contributed by atoms with Crippen molar-refractivity contribution < 1.29 is 9.59 Å². The molecular formula is C12H14ClNO2. The summed E-state index contributed by atoms with van der Waals surface area (Å²) in [4.78, 5) is 22.8. The van der Waals surface area contributed by atoms with Gasteiger partial charge in [-0.2, -0.15) is 0 Å². The molecule has 0 aromatic heterocycles. The van der Waals surface area contributed by atoms with E-state index in [-0.39, 0.29) is 6.42 Å². The van der Waals surface area contributed by atoms with Gasteiger partial charge < -0.3 is 5.32 Å². The molecule has 0 aliphatic carbocycles. The zero-order valence-electron chi connectivity index (χ0n) is 9.13. The van der Waals surface area contributed by atoms with E-state index in [1.54, 1.807) is 24.3 Å². The molecule has 0 aliphatic rings. The number of amides is 1. The number of nitrogens with one attached hydrogen (secondary N) is 1. The zero-order valence-corrected chi connectivity index (χ0v) is 9.88. The first kappa shape index (κ1) is 12.7. The van der Waals surface area contributed by atoms with Crippen molar-refractivity contribution in [2.24, 2.45) is 0 Å². The fraction of sp³-hybridized carbons (Fsp3) is 0.333. The maximum Gasteiger partial charge on any atom is 0.287 e. The Morgan fingerprint density at radius 2 is 2.00 bits per heavy atom. The average Bonchev–Trinajstić information content (AvgIpc) is 2.28. The maximum absolute atomic E-state index is 11.5. The first-order valence-electron chi connectivity index (χ1n) is 5.19. The van der Waals surface area contributed by atoms with E-state index in [0.717, 1.165) is 6.42 Å². The van der Waals surface area contributed by atoms with Crippen molar-refractivity contribution in [3.8, 4) is 0 Å². The fourth-order valence-corrected chi connectivity index (χ4v) is 1.43. The van der Waals surface area contributed by atoms with E-state index in [1.807, 2.05) is 6.92 Å². The van der Waals surface area contributed by atoms with Crippen LogP contribution in [0.5, 0.6) is 0 Å². The summed E-state index contributed by atoms with van der Waals surface area (Å²) in [5, 5.41) is 3.05. The maximum atomic E-state index is 11.5. The molecule has 0 heterocycles. The predicted molar refractivity (Wildman–Crippen MR) is 63.5 cm³/mol. The second-order valence-electron chi connectivity index (χ2n) is 3.45. The lowest BCUT2D eigenvalue weighted by Crippen LogP contribution is -2.32. The Morgan fingerprint density at radius 1 is 1.31 bits per heavy atom. The van der Waals surface area contributed by atoms with Crippen LogP contribution in [0.3, 0.4) is 0 Å². The highest BCUT2D eigenvalue weighted by molar-refractivity contribution is 6.37. The van der Waals surface area contributed by atoms with Crippen molar-refractivity contribution in [2.45, 2.75) is 19.8 Å². The standard InChI is InChI=1S/C12H14ClNO2/c1-2-7-14-12(16)11(15)8-9-5-3-4-6-10(9)13/h3-6H,2,7-8H2,1H3,(H,14,16). The Morgan fingerprint density at radius 3 is 2.62 bits per heavy atom. The van der Waals surface area contributed by atoms with Crippen molar-refractivity contribution in [1.29, 1.82) is 0 Å². The summed E-state index contributed by atoms with van der Waals surface area (Å²) in [6.45, 7) is 2.45. The van der Waals surface area contributed by atoms with Crippen molar-refractivity contribution in [3.63, 3.8) is 0 Å². The van der Waals surface area contributed by atoms with Gasteiger partial charge >= 0.3 is 0 Å². The fourth-order valence-electron chi connectivity index (χ4n) is 1.23. The molecule has 0 saturated heterocycles. The van der Waals surface area contributed by atoms with Gasteiger partial charge in [0.1, 0.15) is 0 Å². The molecule has 16 heavy (non-hydrogen) atoms. The largest absolute Gasteiger partial charge is 0.350 e. The molecule has 3 nitrogen and oxygen atoms in total. The molecule has 1 rings (SSSR count). The van der Waals surface area contributed by atoms with Gasteiger partial charge in [0.15, 0.2) is 0 Å². The van der Waals surface area contributed by atoms with Crippen LogP contribution in [-0.2, 0) is 16.0 Å². The third kappa shape index (κ3) is 3.66. The number of carbonyl (C=O) groups excluding carboxylic acids is 2. The number of benzene rings is 1. The lowest BCUT2D eigenvalue weighted by Gasteiger charge is -2.04. The normalized spacial score (nSPS) is 9.88. The molecular weight excluding hydrogens is 226 g/mol. The van der Waals surface area contributed by atoms with Crippen LogP contribution < -0.4 is 5.32 Å². The Kier molecular flexibility index (Phi) is 4.99. The highest BCUT2D eigenvalue weighted by Crippen LogP contribution is 2.15. The number of hydrogen-bond donors (Lipinski definition) is 1. The number of rotatable bonds is 5. The predicted octanol–water partition coefficient (Wildman–Crippen LogP) is 1.98. The smallest absolute Gasteiger partial charge is 0.287 e. The van der Waals surface area contributed by atoms with Crippen LogP contribution in [0.4, 0.5) is 0 Å². The minimum Gasteiger partial charge on any atom is -0.350 e. The Hall–Kier alpha value is -1.35. The first-order chi connectivity index (χ1) is 7.65. The van der Waals surface area contributed by atoms with E-state index in [1.165, 1.54) is 0 Å². The van der Waals surface area contributed by atoms with Crippen molar-refractivity contribution in [2.75, 3.05) is 6.54 Å². The highest BCUT2D eigenvalue weighted by atomic mass is 35.5. The van der Waals surface area contributed by atoms with E-state index >= 15 is 0 Å². The topological polar surface area (TPSA) is 46.2 Å². The lowest BCUT2D eigenvalue weighted by atomic mass is 10.1. The Labute approximate surface area is 99.8 Å². The lowest BCUT2D eigenvalue weighted by molar-refractivity contribution is -0.137. The molecule has 0 fully saturated rings. The molecule has 0 atom stereocenters. The van der Waals surface area contributed by atoms with Crippen LogP contribution >= 0.6 is 11.6 Å². The third-order valence-electron chi connectivity index (χ3n) is 2.10. The summed E-state index contributed by atoms with van der Waals surface area (Å²) in [6.07, 6.45) is 0.861. The van der Waals surface area contributed by atoms with Crippen molar-refractivity contribution in [1.82, 2.24) is 5.32 Å². The van der Waals surface area contributed by atoms with Gasteiger partial charge in [-0.3, -0.25) is 9.59 Å². The summed E-state index contributed by atoms with van der Waals surface area (Å²) in [6, 6.07) is 7.02. The molecule has 0 bridgehead atoms. The zero-order chi connectivity index (χ0) is 12.0. The monoisotopic (exact) mass is 239 g/mol. The van der Waals surface area contributed by atoms with Gasteiger partial charge in [-0.05, 0) is 18.1 Å². The molecule has 86 valence electrons. The summed E-state index contributed by atoms with van der Waals surface area (Å²) in [7, 11) is 0. The molecule has 0 saturated carbocycles. The van der Waals surface area contributed by atoms with Crippen molar-refractivity contribution in [3.05, 3.63) is 34.9 Å². The van der Waals surface area contributed by atoms with Gasteiger partial charge in [-0.25, -0.2) is 0 Å². The summed E-state index contributed by atoms with van der Waals surface area (Å²) in [5.41, 5.74) is 0.681. The number of ketones is 1. The SMILES string of the molecule is CCCNC(=O)C(=O)Cc1ccccc1Cl. The van der Waals surface area contributed by atoms with Crippen LogP contribution in [0.1, 0.15) is 18.9 Å². The number of hydrogen-bond acceptors (Lipinski definition) is 2. The number of Topliss-reactive ketones (excluding diaryl/α,β-unsaturated/α-hetero) is 1. The van der Waals surface area contributed by atoms with Gasteiger partial charge in [-0.1, -0.05) is 36.7 Å². The first-order valence-corrected chi connectivity index (χ1v) is 5.57. The van der Waals surface area contributed by atoms with Gasteiger partial charge in [0.2, 0.25) is 5.78 Å². The molecule has 1 aromatic rings. The molecule has 1 aromatic carbocycles. The van der Waals surface area contributed by atoms with Crippen LogP contribution in [0.15, 0.2) is 24.3 Å². The summed E-state index contributed by atoms with van der Waals surface area (Å²) in [5.74, 6) is -0.997. The van der Waals surface area contributed by atoms with E-state index in [2.05, 4.69) is 5.32 Å². The van der Waals surface area contributed by atoms with Gasteiger partial charge in [0, 0.05) is 18.0 Å². The minimum atomic E-state index is -0.540. The van der Waals surface area contributed by atoms with Gasteiger partial charge in [0.25, 0.3) is 5.91 Å². The van der Waals surface area contributed by atoms with E-state index in [4.69, 9.17) is 11.6 Å². The average molecular weight is 240 g/mol. The van der Waals surface area contributed by atoms with Gasteiger partial charge in [-0.15, -0.1) is 0 Å². The quantitative estimate of drug-likeness (QED) is 0.799. The molecule has 0 aliphatic heterocycles. The van der Waals surface area contributed by atoms with Gasteiger partial charge in [0.05, 0.1) is 0 Å². The van der Waals surface area contributed by atoms with Crippen LogP contribution in [0, 0.1) is 0 Å². The Bertz CT molecular complexity index is 390.